The van der Waals surface area contributed by atoms with E-state index in [4.69, 9.17) is 22.1 Å². The Morgan fingerprint density at radius 2 is 1.88 bits per heavy atom. The number of hydrogen-bond acceptors (Lipinski definition) is 3. The van der Waals surface area contributed by atoms with Gasteiger partial charge < -0.3 is 15.4 Å². The van der Waals surface area contributed by atoms with Crippen molar-refractivity contribution in [2.45, 2.75) is 66.7 Å². The zero-order valence-electron chi connectivity index (χ0n) is 21.2. The predicted molar refractivity (Wildman–Crippen MR) is 148 cm³/mol. The van der Waals surface area contributed by atoms with Crippen LogP contribution in [0.1, 0.15) is 77.8 Å². The quantitative estimate of drug-likeness (QED) is 0.387. The molecule has 1 aromatic rings. The van der Waals surface area contributed by atoms with Crippen LogP contribution in [0.2, 0.25) is 5.02 Å². The van der Waals surface area contributed by atoms with Crippen LogP contribution in [0.4, 0.5) is 4.79 Å². The van der Waals surface area contributed by atoms with E-state index in [0.717, 1.165) is 53.3 Å². The first-order valence-electron chi connectivity index (χ1n) is 11.8. The Morgan fingerprint density at radius 1 is 1.30 bits per heavy atom. The minimum atomic E-state index is -0.149. The maximum Gasteiger partial charge on any atom is 0.409 e. The minimum Gasteiger partial charge on any atom is -0.450 e. The van der Waals surface area contributed by atoms with Crippen LogP contribution in [0.5, 0.6) is 0 Å². The lowest BCUT2D eigenvalue weighted by molar-refractivity contribution is 0.0934. The van der Waals surface area contributed by atoms with Crippen LogP contribution >= 0.6 is 27.5 Å². The third-order valence-corrected chi connectivity index (χ3v) is 6.28. The zero-order valence-corrected chi connectivity index (χ0v) is 23.5. The second kappa shape index (κ2) is 17.7. The first-order valence-corrected chi connectivity index (χ1v) is 13.0. The summed E-state index contributed by atoms with van der Waals surface area (Å²) in [6.07, 6.45) is 8.44. The van der Waals surface area contributed by atoms with Gasteiger partial charge in [-0.25, -0.2) is 4.79 Å². The van der Waals surface area contributed by atoms with Crippen molar-refractivity contribution in [3.05, 3.63) is 63.3 Å². The molecule has 0 spiro atoms. The van der Waals surface area contributed by atoms with Gasteiger partial charge in [-0.2, -0.15) is 0 Å². The lowest BCUT2D eigenvalue weighted by Crippen LogP contribution is -2.38. The molecular weight excluding hydrogens is 500 g/mol. The molecule has 1 aliphatic carbocycles. The van der Waals surface area contributed by atoms with Gasteiger partial charge in [-0.1, -0.05) is 73.9 Å². The molecule has 186 valence electrons. The molecule has 1 atom stereocenters. The van der Waals surface area contributed by atoms with Gasteiger partial charge in [-0.05, 0) is 86.1 Å². The normalized spacial score (nSPS) is 17.7. The van der Waals surface area contributed by atoms with Crippen molar-refractivity contribution in [3.8, 4) is 0 Å². The average Bonchev–Trinajstić information content (AvgIpc) is 2.91. The third-order valence-electron chi connectivity index (χ3n) is 5.25. The number of rotatable bonds is 1. The summed E-state index contributed by atoms with van der Waals surface area (Å²) in [6, 6.07) is 6.07. The van der Waals surface area contributed by atoms with E-state index < -0.39 is 0 Å². The van der Waals surface area contributed by atoms with Crippen molar-refractivity contribution in [1.29, 1.82) is 0 Å². The van der Waals surface area contributed by atoms with Crippen molar-refractivity contribution < 1.29 is 9.53 Å². The minimum absolute atomic E-state index is 0.149. The maximum atomic E-state index is 11.2. The van der Waals surface area contributed by atoms with Crippen molar-refractivity contribution in [2.24, 2.45) is 11.7 Å². The molecule has 1 fully saturated rings. The van der Waals surface area contributed by atoms with Crippen LogP contribution in [0, 0.1) is 5.92 Å². The molecule has 1 amide bonds. The number of nitrogens with zero attached hydrogens (tertiary/aromatic N) is 1. The molecule has 33 heavy (non-hydrogen) atoms. The predicted octanol–water partition coefficient (Wildman–Crippen LogP) is 8.52. The number of ether oxygens (including phenoxy) is 1. The van der Waals surface area contributed by atoms with Gasteiger partial charge in [0.1, 0.15) is 0 Å². The third kappa shape index (κ3) is 11.8. The average molecular weight is 542 g/mol. The van der Waals surface area contributed by atoms with E-state index >= 15 is 0 Å². The first-order chi connectivity index (χ1) is 15.7. The van der Waals surface area contributed by atoms with Gasteiger partial charge in [0, 0.05) is 22.6 Å². The van der Waals surface area contributed by atoms with Crippen LogP contribution in [-0.4, -0.2) is 30.7 Å². The van der Waals surface area contributed by atoms with Crippen LogP contribution < -0.4 is 5.73 Å². The first kappa shape index (κ1) is 31.3. The zero-order chi connectivity index (χ0) is 25.4. The molecular formula is C27H42BrClN2O2. The lowest BCUT2D eigenvalue weighted by atomic mass is 9.93. The van der Waals surface area contributed by atoms with Gasteiger partial charge in [-0.15, -0.1) is 0 Å². The van der Waals surface area contributed by atoms with Crippen LogP contribution in [-0.2, 0) is 4.74 Å². The highest BCUT2D eigenvalue weighted by molar-refractivity contribution is 9.12. The Bertz CT molecular complexity index is 780. The largest absolute Gasteiger partial charge is 0.450 e. The maximum absolute atomic E-state index is 11.2. The van der Waals surface area contributed by atoms with E-state index in [0.29, 0.717) is 12.5 Å². The second-order valence-electron chi connectivity index (χ2n) is 7.87. The highest BCUT2D eigenvalue weighted by Gasteiger charge is 2.20. The number of halogens is 2. The molecule has 1 heterocycles. The van der Waals surface area contributed by atoms with Crippen molar-refractivity contribution in [2.75, 3.05) is 19.7 Å². The summed E-state index contributed by atoms with van der Waals surface area (Å²) in [4.78, 5) is 13.0. The second-order valence-corrected chi connectivity index (χ2v) is 9.16. The Labute approximate surface area is 215 Å². The number of benzene rings is 1. The number of carbonyl (C=O) groups excluding carboxylic acids is 1. The standard InChI is InChI=1S/C13H12BrCl.C9H17NO2.C3H7N.C2H6/c1-8-5-9(2)13(14)7-10-6-11(15)3-4-12(8)10;1-3-12-9(11)10-6-4-8(2)5-7-10;1-2-3-4;1-2/h3-4,6-8H,2,5H2,1H3;8H,3-7H2,1-2H3;2-3H,4H2,1H3;1-2H3/b;;3-2-;. The summed E-state index contributed by atoms with van der Waals surface area (Å²) in [6.45, 7) is 18.4. The Hall–Kier alpha value is -1.72. The van der Waals surface area contributed by atoms with E-state index in [-0.39, 0.29) is 6.09 Å². The van der Waals surface area contributed by atoms with Gasteiger partial charge in [0.25, 0.3) is 0 Å². The summed E-state index contributed by atoms with van der Waals surface area (Å²) >= 11 is 9.54. The van der Waals surface area contributed by atoms with Crippen LogP contribution in [0.3, 0.4) is 0 Å². The molecule has 4 nitrogen and oxygen atoms in total. The van der Waals surface area contributed by atoms with Crippen molar-refractivity contribution in [3.63, 3.8) is 0 Å². The fourth-order valence-electron chi connectivity index (χ4n) is 3.34. The number of hydrogen-bond donors (Lipinski definition) is 1. The SMILES string of the molecule is C/C=C\N.C=C1CC(C)c2ccc(Cl)cc2C=C1Br.CC.CCOC(=O)N1CCC(C)CC1. The molecule has 0 bridgehead atoms. The van der Waals surface area contributed by atoms with Gasteiger partial charge >= 0.3 is 6.09 Å². The number of carbonyl (C=O) groups is 1. The molecule has 1 unspecified atom stereocenters. The molecule has 2 aliphatic rings. The van der Waals surface area contributed by atoms with Crippen molar-refractivity contribution >= 4 is 39.7 Å². The molecule has 0 aromatic heterocycles. The number of amides is 1. The molecule has 1 aromatic carbocycles. The molecule has 3 rings (SSSR count). The molecule has 2 N–H and O–H groups in total. The van der Waals surface area contributed by atoms with E-state index in [9.17, 15) is 4.79 Å². The van der Waals surface area contributed by atoms with Gasteiger partial charge in [0.15, 0.2) is 0 Å². The fourth-order valence-corrected chi connectivity index (χ4v) is 3.93. The molecule has 6 heteroatoms. The van der Waals surface area contributed by atoms with Gasteiger partial charge in [-0.3, -0.25) is 0 Å². The monoisotopic (exact) mass is 540 g/mol. The number of piperidine rings is 1. The summed E-state index contributed by atoms with van der Waals surface area (Å²) in [5, 5.41) is 0.782. The van der Waals surface area contributed by atoms with Gasteiger partial charge in [0.2, 0.25) is 0 Å². The van der Waals surface area contributed by atoms with E-state index in [1.807, 2.05) is 39.8 Å². The number of fused-ring (bicyclic) bond motifs is 1. The fraction of sp³-hybridized carbons (Fsp3) is 0.519. The van der Waals surface area contributed by atoms with Crippen LogP contribution in [0.25, 0.3) is 6.08 Å². The number of allylic oxidation sites excluding steroid dienone is 3. The Balaban J connectivity index is 0.000000511. The highest BCUT2D eigenvalue weighted by Crippen LogP contribution is 2.37. The Morgan fingerprint density at radius 3 is 2.39 bits per heavy atom. The van der Waals surface area contributed by atoms with E-state index in [1.54, 1.807) is 11.0 Å². The van der Waals surface area contributed by atoms with Crippen molar-refractivity contribution in [1.82, 2.24) is 4.90 Å². The molecule has 0 saturated carbocycles. The molecule has 0 radical (unpaired) electrons. The van der Waals surface area contributed by atoms with E-state index in [1.165, 1.54) is 17.3 Å². The Kier molecular flexibility index (Phi) is 16.8. The summed E-state index contributed by atoms with van der Waals surface area (Å²) in [5.41, 5.74) is 8.53. The number of nitrogens with two attached hydrogens (primary N) is 1. The molecule has 1 aliphatic heterocycles. The molecule has 1 saturated heterocycles. The van der Waals surface area contributed by atoms with Crippen LogP contribution in [0.15, 0.2) is 47.1 Å². The summed E-state index contributed by atoms with van der Waals surface area (Å²) in [5.74, 6) is 1.26. The summed E-state index contributed by atoms with van der Waals surface area (Å²) < 4.78 is 5.98. The summed E-state index contributed by atoms with van der Waals surface area (Å²) in [7, 11) is 0. The lowest BCUT2D eigenvalue weighted by Gasteiger charge is -2.29. The number of likely N-dealkylation sites (tertiary alicyclic amines) is 1. The van der Waals surface area contributed by atoms with Gasteiger partial charge in [0.05, 0.1) is 6.61 Å². The van der Waals surface area contributed by atoms with E-state index in [2.05, 4.69) is 48.5 Å². The highest BCUT2D eigenvalue weighted by atomic mass is 79.9. The topological polar surface area (TPSA) is 55.6 Å². The smallest absolute Gasteiger partial charge is 0.409 e.